The molecule has 2 aromatic carbocycles. The van der Waals surface area contributed by atoms with Crippen molar-refractivity contribution in [2.75, 3.05) is 10.6 Å². The highest BCUT2D eigenvalue weighted by molar-refractivity contribution is 5.99. The Morgan fingerprint density at radius 2 is 1.70 bits per heavy atom. The molecule has 0 saturated carbocycles. The lowest BCUT2D eigenvalue weighted by atomic mass is 10.1. The van der Waals surface area contributed by atoms with Gasteiger partial charge in [-0.2, -0.15) is 0 Å². The topological polar surface area (TPSA) is 67.1 Å². The molecule has 20 heavy (non-hydrogen) atoms. The van der Waals surface area contributed by atoms with Crippen LogP contribution in [0.2, 0.25) is 0 Å². The van der Waals surface area contributed by atoms with Gasteiger partial charge in [-0.25, -0.2) is 9.18 Å². The second kappa shape index (κ2) is 6.16. The second-order valence-corrected chi connectivity index (χ2v) is 4.50. The Hall–Kier alpha value is -2.40. The van der Waals surface area contributed by atoms with Crippen LogP contribution in [0.1, 0.15) is 18.5 Å². The Bertz CT molecular complexity index is 614. The minimum Gasteiger partial charge on any atom is -0.324 e. The van der Waals surface area contributed by atoms with Gasteiger partial charge in [0.2, 0.25) is 0 Å². The number of hydrogen-bond acceptors (Lipinski definition) is 2. The van der Waals surface area contributed by atoms with E-state index >= 15 is 0 Å². The molecule has 104 valence electrons. The molecule has 1 unspecified atom stereocenters. The van der Waals surface area contributed by atoms with E-state index in [0.29, 0.717) is 11.4 Å². The molecule has 2 rings (SSSR count). The van der Waals surface area contributed by atoms with E-state index in [1.165, 1.54) is 18.2 Å². The van der Waals surface area contributed by atoms with Gasteiger partial charge in [-0.15, -0.1) is 0 Å². The third-order valence-electron chi connectivity index (χ3n) is 2.75. The molecule has 2 amide bonds. The van der Waals surface area contributed by atoms with Crippen molar-refractivity contribution in [2.24, 2.45) is 5.73 Å². The summed E-state index contributed by atoms with van der Waals surface area (Å²) in [7, 11) is 0. The van der Waals surface area contributed by atoms with E-state index in [0.717, 1.165) is 5.56 Å². The molecule has 0 aliphatic carbocycles. The van der Waals surface area contributed by atoms with Gasteiger partial charge in [-0.3, -0.25) is 0 Å². The van der Waals surface area contributed by atoms with E-state index in [2.05, 4.69) is 10.6 Å². The van der Waals surface area contributed by atoms with Crippen molar-refractivity contribution in [3.8, 4) is 0 Å². The molecule has 0 spiro atoms. The molecule has 0 radical (unpaired) electrons. The molecule has 4 N–H and O–H groups in total. The third kappa shape index (κ3) is 3.80. The maximum atomic E-state index is 13.0. The summed E-state index contributed by atoms with van der Waals surface area (Å²) in [6, 6.07) is 12.4. The van der Waals surface area contributed by atoms with Gasteiger partial charge in [-0.05, 0) is 42.8 Å². The van der Waals surface area contributed by atoms with Crippen molar-refractivity contribution in [2.45, 2.75) is 13.0 Å². The van der Waals surface area contributed by atoms with Crippen LogP contribution in [-0.2, 0) is 0 Å². The average Bonchev–Trinajstić information content (AvgIpc) is 2.38. The lowest BCUT2D eigenvalue weighted by Crippen LogP contribution is -2.19. The standard InChI is InChI=1S/C15H16FN3O/c1-10(17)11-4-2-6-13(8-11)18-15(20)19-14-7-3-5-12(16)9-14/h2-10H,17H2,1H3,(H2,18,19,20). The van der Waals surface area contributed by atoms with Crippen LogP contribution in [0.4, 0.5) is 20.6 Å². The minimum atomic E-state index is -0.433. The van der Waals surface area contributed by atoms with Gasteiger partial charge in [0, 0.05) is 17.4 Å². The minimum absolute atomic E-state index is 0.108. The van der Waals surface area contributed by atoms with Gasteiger partial charge in [0.15, 0.2) is 0 Å². The molecular weight excluding hydrogens is 257 g/mol. The number of carbonyl (C=O) groups is 1. The zero-order valence-corrected chi connectivity index (χ0v) is 11.1. The molecule has 0 bridgehead atoms. The number of anilines is 2. The average molecular weight is 273 g/mol. The molecule has 0 aromatic heterocycles. The van der Waals surface area contributed by atoms with Crippen molar-refractivity contribution in [1.82, 2.24) is 0 Å². The van der Waals surface area contributed by atoms with Gasteiger partial charge in [0.05, 0.1) is 0 Å². The highest BCUT2D eigenvalue weighted by Crippen LogP contribution is 2.16. The van der Waals surface area contributed by atoms with Crippen molar-refractivity contribution >= 4 is 17.4 Å². The lowest BCUT2D eigenvalue weighted by molar-refractivity contribution is 0.262. The predicted octanol–water partition coefficient (Wildman–Crippen LogP) is 3.49. The first-order chi connectivity index (χ1) is 9.54. The quantitative estimate of drug-likeness (QED) is 0.801. The van der Waals surface area contributed by atoms with Crippen LogP contribution in [-0.4, -0.2) is 6.03 Å². The van der Waals surface area contributed by atoms with Crippen LogP contribution in [0, 0.1) is 5.82 Å². The molecule has 4 nitrogen and oxygen atoms in total. The fraction of sp³-hybridized carbons (Fsp3) is 0.133. The highest BCUT2D eigenvalue weighted by Gasteiger charge is 2.05. The maximum Gasteiger partial charge on any atom is 0.323 e. The number of urea groups is 1. The smallest absolute Gasteiger partial charge is 0.323 e. The summed E-state index contributed by atoms with van der Waals surface area (Å²) in [5.74, 6) is -0.401. The second-order valence-electron chi connectivity index (χ2n) is 4.50. The SMILES string of the molecule is CC(N)c1cccc(NC(=O)Nc2cccc(F)c2)c1. The summed E-state index contributed by atoms with van der Waals surface area (Å²) in [5, 5.41) is 5.24. The van der Waals surface area contributed by atoms with Crippen LogP contribution in [0.5, 0.6) is 0 Å². The van der Waals surface area contributed by atoms with Gasteiger partial charge in [-0.1, -0.05) is 18.2 Å². The number of nitrogens with two attached hydrogens (primary N) is 1. The first-order valence-electron chi connectivity index (χ1n) is 6.24. The van der Waals surface area contributed by atoms with E-state index in [1.54, 1.807) is 18.2 Å². The highest BCUT2D eigenvalue weighted by atomic mass is 19.1. The Labute approximate surface area is 116 Å². The first-order valence-corrected chi connectivity index (χ1v) is 6.24. The largest absolute Gasteiger partial charge is 0.324 e. The first kappa shape index (κ1) is 14.0. The lowest BCUT2D eigenvalue weighted by Gasteiger charge is -2.10. The fourth-order valence-corrected chi connectivity index (χ4v) is 1.76. The summed E-state index contributed by atoms with van der Waals surface area (Å²) >= 11 is 0. The van der Waals surface area contributed by atoms with Crippen LogP contribution < -0.4 is 16.4 Å². The zero-order valence-electron chi connectivity index (χ0n) is 11.1. The van der Waals surface area contributed by atoms with Crippen LogP contribution in [0.15, 0.2) is 48.5 Å². The summed E-state index contributed by atoms with van der Waals surface area (Å²) in [5.41, 5.74) is 7.74. The summed E-state index contributed by atoms with van der Waals surface area (Å²) in [4.78, 5) is 11.8. The zero-order chi connectivity index (χ0) is 14.5. The van der Waals surface area contributed by atoms with E-state index < -0.39 is 11.8 Å². The Morgan fingerprint density at radius 3 is 2.30 bits per heavy atom. The van der Waals surface area contributed by atoms with Crippen molar-refractivity contribution < 1.29 is 9.18 Å². The van der Waals surface area contributed by atoms with Crippen LogP contribution in [0.3, 0.4) is 0 Å². The molecule has 0 heterocycles. The molecule has 0 aliphatic heterocycles. The van der Waals surface area contributed by atoms with Crippen LogP contribution in [0.25, 0.3) is 0 Å². The van der Waals surface area contributed by atoms with E-state index in [1.807, 2.05) is 19.1 Å². The molecule has 0 aliphatic rings. The Balaban J connectivity index is 2.03. The van der Waals surface area contributed by atoms with Crippen molar-refractivity contribution in [3.63, 3.8) is 0 Å². The molecule has 0 saturated heterocycles. The Morgan fingerprint density at radius 1 is 1.10 bits per heavy atom. The van der Waals surface area contributed by atoms with Gasteiger partial charge in [0.25, 0.3) is 0 Å². The van der Waals surface area contributed by atoms with Crippen molar-refractivity contribution in [1.29, 1.82) is 0 Å². The van der Waals surface area contributed by atoms with E-state index in [9.17, 15) is 9.18 Å². The molecular formula is C15H16FN3O. The molecule has 2 aromatic rings. The number of amides is 2. The van der Waals surface area contributed by atoms with E-state index in [4.69, 9.17) is 5.73 Å². The number of carbonyl (C=O) groups excluding carboxylic acids is 1. The monoisotopic (exact) mass is 273 g/mol. The number of halogens is 1. The molecule has 0 fully saturated rings. The molecule has 1 atom stereocenters. The predicted molar refractivity (Wildman–Crippen MR) is 78.1 cm³/mol. The Kier molecular flexibility index (Phi) is 4.32. The van der Waals surface area contributed by atoms with Gasteiger partial charge >= 0.3 is 6.03 Å². The van der Waals surface area contributed by atoms with E-state index in [-0.39, 0.29) is 6.04 Å². The summed E-state index contributed by atoms with van der Waals surface area (Å²) < 4.78 is 13.0. The fourth-order valence-electron chi connectivity index (χ4n) is 1.76. The normalized spacial score (nSPS) is 11.8. The number of rotatable bonds is 3. The summed E-state index contributed by atoms with van der Waals surface area (Å²) in [6.45, 7) is 1.87. The number of nitrogens with one attached hydrogen (secondary N) is 2. The number of benzene rings is 2. The van der Waals surface area contributed by atoms with Gasteiger partial charge < -0.3 is 16.4 Å². The molecule has 5 heteroatoms. The number of hydrogen-bond donors (Lipinski definition) is 3. The third-order valence-corrected chi connectivity index (χ3v) is 2.75. The summed E-state index contributed by atoms with van der Waals surface area (Å²) in [6.07, 6.45) is 0. The van der Waals surface area contributed by atoms with Gasteiger partial charge in [0.1, 0.15) is 5.82 Å². The van der Waals surface area contributed by atoms with Crippen molar-refractivity contribution in [3.05, 3.63) is 59.9 Å². The maximum absolute atomic E-state index is 13.0. The van der Waals surface area contributed by atoms with Crippen LogP contribution >= 0.6 is 0 Å².